The van der Waals surface area contributed by atoms with Crippen LogP contribution in [0.4, 0.5) is 0 Å². The third-order valence-corrected chi connectivity index (χ3v) is 3.06. The summed E-state index contributed by atoms with van der Waals surface area (Å²) in [7, 11) is 0. The zero-order valence-electron chi connectivity index (χ0n) is 11.4. The molecular weight excluding hydrogens is 248 g/mol. The molecule has 0 aliphatic carbocycles. The van der Waals surface area contributed by atoms with Crippen molar-refractivity contribution in [3.05, 3.63) is 60.0 Å². The Morgan fingerprint density at radius 1 is 0.650 bits per heavy atom. The molecule has 0 saturated heterocycles. The number of hydrogen-bond donors (Lipinski definition) is 0. The highest BCUT2D eigenvalue weighted by atomic mass is 15.1. The second kappa shape index (κ2) is 5.17. The van der Waals surface area contributed by atoms with Crippen molar-refractivity contribution >= 4 is 0 Å². The Morgan fingerprint density at radius 2 is 1.35 bits per heavy atom. The standard InChI is InChI=1S/C16H14N4/c1-11-3-6-13(7-4-11)15-9-18-16(10-17-15)14-8-5-12(2)19-20-14/h3-10H,1-2H3. The van der Waals surface area contributed by atoms with Crippen molar-refractivity contribution < 1.29 is 0 Å². The zero-order chi connectivity index (χ0) is 13.9. The number of rotatable bonds is 2. The van der Waals surface area contributed by atoms with Gasteiger partial charge in [-0.05, 0) is 26.0 Å². The number of aromatic nitrogens is 4. The number of hydrogen-bond acceptors (Lipinski definition) is 4. The molecule has 0 atom stereocenters. The van der Waals surface area contributed by atoms with Crippen LogP contribution in [0.1, 0.15) is 11.3 Å². The summed E-state index contributed by atoms with van der Waals surface area (Å²) in [6, 6.07) is 12.0. The van der Waals surface area contributed by atoms with Crippen molar-refractivity contribution in [3.8, 4) is 22.6 Å². The van der Waals surface area contributed by atoms with Gasteiger partial charge in [-0.15, -0.1) is 5.10 Å². The van der Waals surface area contributed by atoms with Gasteiger partial charge in [-0.3, -0.25) is 9.97 Å². The summed E-state index contributed by atoms with van der Waals surface area (Å²) < 4.78 is 0. The van der Waals surface area contributed by atoms with Gasteiger partial charge in [0.05, 0.1) is 23.8 Å². The van der Waals surface area contributed by atoms with Crippen molar-refractivity contribution in [1.82, 2.24) is 20.2 Å². The van der Waals surface area contributed by atoms with Crippen LogP contribution in [0, 0.1) is 13.8 Å². The Hall–Kier alpha value is -2.62. The Bertz CT molecular complexity index is 636. The minimum absolute atomic E-state index is 0.730. The highest BCUT2D eigenvalue weighted by Crippen LogP contribution is 2.19. The highest BCUT2D eigenvalue weighted by Gasteiger charge is 2.04. The maximum absolute atomic E-state index is 4.45. The fourth-order valence-electron chi connectivity index (χ4n) is 1.87. The summed E-state index contributed by atoms with van der Waals surface area (Å²) in [5.74, 6) is 0. The molecule has 0 aliphatic heterocycles. The van der Waals surface area contributed by atoms with Crippen LogP contribution >= 0.6 is 0 Å². The van der Waals surface area contributed by atoms with Crippen molar-refractivity contribution in [2.24, 2.45) is 0 Å². The molecule has 2 aromatic heterocycles. The van der Waals surface area contributed by atoms with Crippen LogP contribution in [0.25, 0.3) is 22.6 Å². The molecule has 1 aromatic carbocycles. The van der Waals surface area contributed by atoms with Gasteiger partial charge in [0.15, 0.2) is 0 Å². The maximum Gasteiger partial charge on any atom is 0.113 e. The molecule has 0 fully saturated rings. The Balaban J connectivity index is 1.91. The lowest BCUT2D eigenvalue weighted by Crippen LogP contribution is -1.94. The molecule has 0 spiro atoms. The molecule has 0 radical (unpaired) electrons. The Kier molecular flexibility index (Phi) is 3.21. The molecule has 20 heavy (non-hydrogen) atoms. The van der Waals surface area contributed by atoms with Gasteiger partial charge >= 0.3 is 0 Å². The molecule has 0 amide bonds. The SMILES string of the molecule is Cc1ccc(-c2cnc(-c3ccc(C)nn3)cn2)cc1. The van der Waals surface area contributed by atoms with Crippen LogP contribution in [-0.4, -0.2) is 20.2 Å². The van der Waals surface area contributed by atoms with Gasteiger partial charge in [0, 0.05) is 5.56 Å². The molecule has 0 N–H and O–H groups in total. The van der Waals surface area contributed by atoms with Crippen molar-refractivity contribution in [1.29, 1.82) is 0 Å². The fraction of sp³-hybridized carbons (Fsp3) is 0.125. The van der Waals surface area contributed by atoms with E-state index in [4.69, 9.17) is 0 Å². The van der Waals surface area contributed by atoms with Gasteiger partial charge in [-0.25, -0.2) is 0 Å². The summed E-state index contributed by atoms with van der Waals surface area (Å²) in [6.07, 6.45) is 3.50. The van der Waals surface area contributed by atoms with Gasteiger partial charge in [0.2, 0.25) is 0 Å². The molecule has 0 aliphatic rings. The second-order valence-electron chi connectivity index (χ2n) is 4.71. The van der Waals surface area contributed by atoms with Crippen LogP contribution in [0.3, 0.4) is 0 Å². The average Bonchev–Trinajstić information content (AvgIpc) is 2.49. The van der Waals surface area contributed by atoms with Gasteiger partial charge < -0.3 is 0 Å². The first kappa shape index (κ1) is 12.4. The van der Waals surface area contributed by atoms with E-state index in [2.05, 4.69) is 39.2 Å². The lowest BCUT2D eigenvalue weighted by molar-refractivity contribution is 0.978. The van der Waals surface area contributed by atoms with Gasteiger partial charge in [0.25, 0.3) is 0 Å². The summed E-state index contributed by atoms with van der Waals surface area (Å²) in [6.45, 7) is 3.97. The predicted molar refractivity (Wildman–Crippen MR) is 78.0 cm³/mol. The molecule has 98 valence electrons. The lowest BCUT2D eigenvalue weighted by atomic mass is 10.1. The van der Waals surface area contributed by atoms with Crippen LogP contribution in [0.5, 0.6) is 0 Å². The maximum atomic E-state index is 4.45. The van der Waals surface area contributed by atoms with E-state index in [9.17, 15) is 0 Å². The summed E-state index contributed by atoms with van der Waals surface area (Å²) >= 11 is 0. The van der Waals surface area contributed by atoms with E-state index >= 15 is 0 Å². The molecule has 0 saturated carbocycles. The van der Waals surface area contributed by atoms with E-state index in [1.807, 2.05) is 31.2 Å². The fourth-order valence-corrected chi connectivity index (χ4v) is 1.87. The minimum atomic E-state index is 0.730. The monoisotopic (exact) mass is 262 g/mol. The number of aryl methyl sites for hydroxylation is 2. The van der Waals surface area contributed by atoms with Gasteiger partial charge in [-0.2, -0.15) is 5.10 Å². The van der Waals surface area contributed by atoms with E-state index in [0.29, 0.717) is 0 Å². The van der Waals surface area contributed by atoms with Crippen molar-refractivity contribution in [2.75, 3.05) is 0 Å². The highest BCUT2D eigenvalue weighted by molar-refractivity contribution is 5.60. The smallest absolute Gasteiger partial charge is 0.113 e. The van der Waals surface area contributed by atoms with Crippen molar-refractivity contribution in [2.45, 2.75) is 13.8 Å². The lowest BCUT2D eigenvalue weighted by Gasteiger charge is -2.03. The van der Waals surface area contributed by atoms with Gasteiger partial charge in [0.1, 0.15) is 11.4 Å². The van der Waals surface area contributed by atoms with E-state index in [0.717, 1.165) is 28.3 Å². The van der Waals surface area contributed by atoms with Crippen LogP contribution in [0.2, 0.25) is 0 Å². The summed E-state index contributed by atoms with van der Waals surface area (Å²) in [4.78, 5) is 8.86. The van der Waals surface area contributed by atoms with Gasteiger partial charge in [-0.1, -0.05) is 29.8 Å². The quantitative estimate of drug-likeness (QED) is 0.711. The van der Waals surface area contributed by atoms with E-state index in [1.165, 1.54) is 5.56 Å². The first-order valence-electron chi connectivity index (χ1n) is 6.42. The molecule has 2 heterocycles. The molecule has 4 nitrogen and oxygen atoms in total. The zero-order valence-corrected chi connectivity index (χ0v) is 11.4. The Morgan fingerprint density at radius 3 is 1.95 bits per heavy atom. The molecular formula is C16H14N4. The molecule has 0 unspecified atom stereocenters. The Labute approximate surface area is 117 Å². The normalized spacial score (nSPS) is 10.5. The molecule has 4 heteroatoms. The summed E-state index contributed by atoms with van der Waals surface area (Å²) in [5, 5.41) is 8.14. The minimum Gasteiger partial charge on any atom is -0.252 e. The van der Waals surface area contributed by atoms with Crippen molar-refractivity contribution in [3.63, 3.8) is 0 Å². The molecule has 3 aromatic rings. The van der Waals surface area contributed by atoms with E-state index in [1.54, 1.807) is 12.4 Å². The largest absolute Gasteiger partial charge is 0.252 e. The number of nitrogens with zero attached hydrogens (tertiary/aromatic N) is 4. The first-order chi connectivity index (χ1) is 9.72. The summed E-state index contributed by atoms with van der Waals surface area (Å²) in [5.41, 5.74) is 5.50. The average molecular weight is 262 g/mol. The topological polar surface area (TPSA) is 51.6 Å². The first-order valence-corrected chi connectivity index (χ1v) is 6.42. The van der Waals surface area contributed by atoms with E-state index in [-0.39, 0.29) is 0 Å². The third kappa shape index (κ3) is 2.54. The van der Waals surface area contributed by atoms with E-state index < -0.39 is 0 Å². The molecule has 3 rings (SSSR count). The predicted octanol–water partition coefficient (Wildman–Crippen LogP) is 3.22. The number of benzene rings is 1. The van der Waals surface area contributed by atoms with Crippen LogP contribution in [0.15, 0.2) is 48.8 Å². The van der Waals surface area contributed by atoms with Crippen LogP contribution in [-0.2, 0) is 0 Å². The third-order valence-electron chi connectivity index (χ3n) is 3.06. The molecule has 0 bridgehead atoms. The second-order valence-corrected chi connectivity index (χ2v) is 4.71. The van der Waals surface area contributed by atoms with Crippen LogP contribution < -0.4 is 0 Å².